The second-order valence-corrected chi connectivity index (χ2v) is 26.1. The third kappa shape index (κ3) is 18.8. The molecular weight excluding hydrogens is 1280 g/mol. The average Bonchev–Trinajstić information content (AvgIpc) is 1.49. The Morgan fingerprint density at radius 1 is 0.615 bits per heavy atom. The van der Waals surface area contributed by atoms with Crippen LogP contribution in [0.4, 0.5) is 0 Å². The molecule has 4 aromatic heterocycles. The molecule has 7 aromatic rings. The number of phenolic OH excluding ortho intramolecular Hbond substituents is 1. The van der Waals surface area contributed by atoms with E-state index in [0.29, 0.717) is 154 Å². The van der Waals surface area contributed by atoms with Crippen LogP contribution in [0.15, 0.2) is 123 Å². The monoisotopic (exact) mass is 1370 g/mol. The Bertz CT molecular complexity index is 4030. The molecule has 2 saturated heterocycles. The van der Waals surface area contributed by atoms with Crippen LogP contribution in [0.1, 0.15) is 88.7 Å². The lowest BCUT2D eigenvalue weighted by atomic mass is 10.1. The van der Waals surface area contributed by atoms with Gasteiger partial charge in [-0.1, -0.05) is 47.1 Å². The van der Waals surface area contributed by atoms with Crippen molar-refractivity contribution in [2.24, 2.45) is 0 Å². The lowest BCUT2D eigenvalue weighted by molar-refractivity contribution is -0.132. The van der Waals surface area contributed by atoms with Gasteiger partial charge in [0, 0.05) is 90.9 Å². The van der Waals surface area contributed by atoms with Crippen LogP contribution in [-0.2, 0) is 50.8 Å². The number of hydrogen-bond donors (Lipinski definition) is 10. The third-order valence-corrected chi connectivity index (χ3v) is 19.4. The van der Waals surface area contributed by atoms with Gasteiger partial charge in [0.25, 0.3) is 11.1 Å². The molecule has 2 fully saturated rings. The van der Waals surface area contributed by atoms with Crippen LogP contribution >= 0.6 is 0 Å². The van der Waals surface area contributed by atoms with E-state index in [4.69, 9.17) is 50.1 Å². The van der Waals surface area contributed by atoms with Gasteiger partial charge in [-0.25, -0.2) is 36.4 Å². The minimum absolute atomic E-state index is 0.0481. The average molecular weight is 1370 g/mol. The summed E-state index contributed by atoms with van der Waals surface area (Å²) in [7, 11) is -7.55. The first-order chi connectivity index (χ1) is 45.9. The van der Waals surface area contributed by atoms with E-state index in [-0.39, 0.29) is 51.2 Å². The molecule has 522 valence electrons. The Labute approximate surface area is 557 Å². The van der Waals surface area contributed by atoms with Crippen LogP contribution < -0.4 is 20.6 Å². The molecule has 0 bridgehead atoms. The Morgan fingerprint density at radius 3 is 1.38 bits per heavy atom. The zero-order valence-electron chi connectivity index (χ0n) is 54.9. The highest BCUT2D eigenvalue weighted by Gasteiger charge is 2.32. The van der Waals surface area contributed by atoms with Crippen molar-refractivity contribution < 1.29 is 76.8 Å². The number of aliphatic hydroxyl groups excluding tert-OH is 4. The quantitative estimate of drug-likeness (QED) is 0.0115. The van der Waals surface area contributed by atoms with Crippen molar-refractivity contribution in [1.29, 1.82) is 0 Å². The molecule has 2 aliphatic rings. The predicted molar refractivity (Wildman–Crippen MR) is 363 cm³/mol. The zero-order valence-corrected chi connectivity index (χ0v) is 56.5. The highest BCUT2D eigenvalue weighted by atomic mass is 32.2. The van der Waals surface area contributed by atoms with E-state index in [0.717, 1.165) is 73.9 Å². The van der Waals surface area contributed by atoms with Gasteiger partial charge in [-0.3, -0.25) is 19.4 Å². The van der Waals surface area contributed by atoms with Crippen molar-refractivity contribution in [3.8, 4) is 45.8 Å². The number of benzene rings is 3. The number of nitrogens with one attached hydrogen (secondary N) is 2. The van der Waals surface area contributed by atoms with E-state index in [1.165, 1.54) is 14.7 Å². The normalized spacial score (nSPS) is 14.5. The standard InChI is InChI=1S/2C26H37N5O5S.C7H6O4.C7H8O4/c2*1-4-7-19-18-30(6-3)24-23(19)27-25(28-26(24)33)21-17-20(8-9-22(21)36-16-5-2)37(34,35)31-12-10-29(11-13-31)14-15-32;8-4-1-2-6(9)5(3-4)7(10)11;1-2-6(9)5(3-4-8)7(10)11/h2*8-9,17-18,32H,4-7,10-16H2,1-3H3,(H,27,28,33);1-3,8-9H,(H,10,11);2-4,8-9H,1H2,(H,10,11)/b;;;4-3+,6-5-. The summed E-state index contributed by atoms with van der Waals surface area (Å²) in [6.45, 7) is 22.2. The lowest BCUT2D eigenvalue weighted by Gasteiger charge is -2.33. The topological polar surface area (TPSA) is 397 Å². The van der Waals surface area contributed by atoms with Crippen LogP contribution in [0.2, 0.25) is 0 Å². The van der Waals surface area contributed by atoms with E-state index in [9.17, 15) is 46.2 Å². The first kappa shape index (κ1) is 76.1. The Morgan fingerprint density at radius 2 is 1.04 bits per heavy atom. The SMILES string of the molecule is C=C/C(O)=C(\C=C\O)C(=O)O.CCCOc1ccc(S(=O)(=O)N2CCN(CCO)CC2)cc1-c1nc2c(CCC)cn(CC)c2c(=O)[nH]1.CCCOc1ccc(S(=O)(=O)N2CCN(CCO)CC2)cc1-c1nc2c(CCC)cn(CC)c2c(=O)[nH]1.O=C(O)c1cc(O)ccc1O. The molecular formula is C66H88N10O18S2. The largest absolute Gasteiger partial charge is 0.516 e. The fourth-order valence-electron chi connectivity index (χ4n) is 10.7. The number of sulfonamides is 2. The summed E-state index contributed by atoms with van der Waals surface area (Å²) >= 11 is 0. The number of carboxylic acids is 2. The van der Waals surface area contributed by atoms with Crippen LogP contribution in [0, 0.1) is 0 Å². The predicted octanol–water partition coefficient (Wildman–Crippen LogP) is 6.84. The van der Waals surface area contributed by atoms with Gasteiger partial charge in [-0.2, -0.15) is 8.61 Å². The summed E-state index contributed by atoms with van der Waals surface area (Å²) in [4.78, 5) is 66.7. The molecule has 6 heterocycles. The van der Waals surface area contributed by atoms with Crippen molar-refractivity contribution in [1.82, 2.24) is 47.5 Å². The van der Waals surface area contributed by atoms with Gasteiger partial charge in [-0.15, -0.1) is 0 Å². The number of aromatic amines is 2. The van der Waals surface area contributed by atoms with Gasteiger partial charge in [0.05, 0.1) is 64.6 Å². The molecule has 0 radical (unpaired) electrons. The van der Waals surface area contributed by atoms with Crippen molar-refractivity contribution in [2.45, 2.75) is 103 Å². The molecule has 3 aromatic carbocycles. The number of phenols is 2. The number of carbonyl (C=O) groups is 2. The van der Waals surface area contributed by atoms with Gasteiger partial charge >= 0.3 is 11.9 Å². The minimum atomic E-state index is -3.77. The number of hydrogen-bond acceptors (Lipinski definition) is 20. The number of H-pyrrole nitrogens is 2. The number of aromatic nitrogens is 6. The number of nitrogens with zero attached hydrogens (tertiary/aromatic N) is 8. The molecule has 28 nitrogen and oxygen atoms in total. The molecule has 0 unspecified atom stereocenters. The number of aromatic carboxylic acids is 1. The highest BCUT2D eigenvalue weighted by molar-refractivity contribution is 7.89. The fourth-order valence-corrected chi connectivity index (χ4v) is 13.6. The van der Waals surface area contributed by atoms with Crippen LogP contribution in [-0.4, -0.2) is 209 Å². The Balaban J connectivity index is 0.000000231. The van der Waals surface area contributed by atoms with Crippen molar-refractivity contribution in [2.75, 3.05) is 91.9 Å². The van der Waals surface area contributed by atoms with Crippen LogP contribution in [0.25, 0.3) is 44.8 Å². The number of aliphatic hydroxyl groups is 4. The number of fused-ring (bicyclic) bond motifs is 2. The first-order valence-corrected chi connectivity index (χ1v) is 34.6. The first-order valence-electron chi connectivity index (χ1n) is 31.7. The maximum Gasteiger partial charge on any atom is 0.339 e. The lowest BCUT2D eigenvalue weighted by Crippen LogP contribution is -2.49. The number of aliphatic carboxylic acids is 1. The van der Waals surface area contributed by atoms with Crippen LogP contribution in [0.5, 0.6) is 23.0 Å². The number of piperazine rings is 2. The third-order valence-electron chi connectivity index (χ3n) is 15.6. The minimum Gasteiger partial charge on any atom is -0.516 e. The summed E-state index contributed by atoms with van der Waals surface area (Å²) in [5, 5.41) is 69.9. The molecule has 10 N–H and O–H groups in total. The van der Waals surface area contributed by atoms with Gasteiger partial charge in [0.15, 0.2) is 0 Å². The molecule has 0 aliphatic carbocycles. The van der Waals surface area contributed by atoms with E-state index in [1.807, 2.05) is 59.0 Å². The van der Waals surface area contributed by atoms with Gasteiger partial charge in [-0.05, 0) is 117 Å². The Kier molecular flexibility index (Phi) is 28.4. The molecule has 9 rings (SSSR count). The number of rotatable bonds is 26. The fraction of sp³-hybridized carbons (Fsp3) is 0.424. The van der Waals surface area contributed by atoms with E-state index >= 15 is 0 Å². The van der Waals surface area contributed by atoms with E-state index in [1.54, 1.807) is 36.4 Å². The number of β-amino-alcohol motifs (C(OH)–C–C–N with tert-alkyl or cyclic N) is 2. The van der Waals surface area contributed by atoms with E-state index in [2.05, 4.69) is 30.4 Å². The number of carboxylic acid groups (broad SMARTS) is 2. The summed E-state index contributed by atoms with van der Waals surface area (Å²) in [6.07, 6.45) is 11.3. The summed E-state index contributed by atoms with van der Waals surface area (Å²) < 4.78 is 72.8. The molecule has 0 spiro atoms. The Hall–Kier alpha value is -8.88. The summed E-state index contributed by atoms with van der Waals surface area (Å²) in [5.74, 6) is -2.07. The van der Waals surface area contributed by atoms with Gasteiger partial charge < -0.3 is 69.4 Å². The molecule has 0 saturated carbocycles. The van der Waals surface area contributed by atoms with E-state index < -0.39 is 43.3 Å². The van der Waals surface area contributed by atoms with Crippen LogP contribution in [0.3, 0.4) is 0 Å². The number of ether oxygens (including phenoxy) is 2. The summed E-state index contributed by atoms with van der Waals surface area (Å²) in [5.41, 5.74) is 3.96. The van der Waals surface area contributed by atoms with Crippen molar-refractivity contribution in [3.05, 3.63) is 141 Å². The summed E-state index contributed by atoms with van der Waals surface area (Å²) in [6, 6.07) is 12.8. The second-order valence-electron chi connectivity index (χ2n) is 22.2. The molecule has 0 amide bonds. The maximum atomic E-state index is 13.5. The smallest absolute Gasteiger partial charge is 0.339 e. The van der Waals surface area contributed by atoms with Gasteiger partial charge in [0.2, 0.25) is 20.0 Å². The van der Waals surface area contributed by atoms with Gasteiger partial charge in [0.1, 0.15) is 62.6 Å². The maximum absolute atomic E-state index is 13.5. The number of allylic oxidation sites excluding steroid dienone is 1. The zero-order chi connectivity index (χ0) is 70.4. The molecule has 96 heavy (non-hydrogen) atoms. The van der Waals surface area contributed by atoms with Crippen molar-refractivity contribution >= 4 is 54.1 Å². The number of aromatic hydroxyl groups is 2. The molecule has 30 heteroatoms. The van der Waals surface area contributed by atoms with Crippen molar-refractivity contribution in [3.63, 3.8) is 0 Å². The second kappa shape index (κ2) is 35.7. The molecule has 2 aliphatic heterocycles. The number of aryl methyl sites for hydroxylation is 4. The molecule has 0 atom stereocenters. The highest BCUT2D eigenvalue weighted by Crippen LogP contribution is 2.35.